The Kier molecular flexibility index (Phi) is 4.92. The molecular formula is C16H16N2O5. The maximum absolute atomic E-state index is 11.1. The van der Waals surface area contributed by atoms with E-state index in [-0.39, 0.29) is 24.3 Å². The fourth-order valence-electron chi connectivity index (χ4n) is 2.34. The van der Waals surface area contributed by atoms with Crippen LogP contribution in [0.4, 0.5) is 5.69 Å². The van der Waals surface area contributed by atoms with Crippen LogP contribution in [0.1, 0.15) is 16.7 Å². The van der Waals surface area contributed by atoms with E-state index in [1.807, 2.05) is 0 Å². The van der Waals surface area contributed by atoms with Gasteiger partial charge in [-0.15, -0.1) is 0 Å². The van der Waals surface area contributed by atoms with Crippen LogP contribution in [0.15, 0.2) is 42.5 Å². The molecule has 1 atom stereocenters. The molecule has 0 aliphatic rings. The lowest BCUT2D eigenvalue weighted by Crippen LogP contribution is -2.32. The molecule has 23 heavy (non-hydrogen) atoms. The first kappa shape index (κ1) is 16.4. The van der Waals surface area contributed by atoms with Crippen LogP contribution >= 0.6 is 0 Å². The second kappa shape index (κ2) is 6.89. The highest BCUT2D eigenvalue weighted by atomic mass is 16.6. The van der Waals surface area contributed by atoms with E-state index in [0.29, 0.717) is 16.7 Å². The summed E-state index contributed by atoms with van der Waals surface area (Å²) in [5.41, 5.74) is 7.26. The van der Waals surface area contributed by atoms with Crippen LogP contribution in [0.3, 0.4) is 0 Å². The number of phenols is 1. The third-order valence-electron chi connectivity index (χ3n) is 3.52. The predicted molar refractivity (Wildman–Crippen MR) is 83.3 cm³/mol. The standard InChI is InChI=1S/C16H16N2O5/c17-14(16(20)21)9-10-5-6-13(19)8-12(10)7-11-3-1-2-4-15(11)18(22)23/h1-6,8,14,19H,7,9,17H2,(H,20,21). The largest absolute Gasteiger partial charge is 0.508 e. The molecule has 0 aromatic heterocycles. The predicted octanol–water partition coefficient (Wildman–Crippen LogP) is 1.85. The summed E-state index contributed by atoms with van der Waals surface area (Å²) in [6.45, 7) is 0. The van der Waals surface area contributed by atoms with Gasteiger partial charge in [0.1, 0.15) is 11.8 Å². The van der Waals surface area contributed by atoms with E-state index >= 15 is 0 Å². The number of para-hydroxylation sites is 1. The minimum absolute atomic E-state index is 0.00577. The maximum Gasteiger partial charge on any atom is 0.320 e. The van der Waals surface area contributed by atoms with Crippen molar-refractivity contribution in [1.29, 1.82) is 0 Å². The second-order valence-electron chi connectivity index (χ2n) is 5.16. The Morgan fingerprint density at radius 1 is 1.17 bits per heavy atom. The Morgan fingerprint density at radius 2 is 1.87 bits per heavy atom. The smallest absolute Gasteiger partial charge is 0.320 e. The summed E-state index contributed by atoms with van der Waals surface area (Å²) in [5, 5.41) is 29.7. The van der Waals surface area contributed by atoms with Gasteiger partial charge < -0.3 is 15.9 Å². The van der Waals surface area contributed by atoms with Gasteiger partial charge in [0.2, 0.25) is 0 Å². The van der Waals surface area contributed by atoms with Crippen molar-refractivity contribution in [1.82, 2.24) is 0 Å². The summed E-state index contributed by atoms with van der Waals surface area (Å²) in [6.07, 6.45) is 0.277. The van der Waals surface area contributed by atoms with Crippen LogP contribution in [-0.4, -0.2) is 27.1 Å². The molecule has 0 saturated carbocycles. The summed E-state index contributed by atoms with van der Waals surface area (Å²) < 4.78 is 0. The Balaban J connectivity index is 2.38. The monoisotopic (exact) mass is 316 g/mol. The summed E-state index contributed by atoms with van der Waals surface area (Å²) in [5.74, 6) is -1.12. The molecule has 0 aliphatic carbocycles. The van der Waals surface area contributed by atoms with Gasteiger partial charge in [-0.25, -0.2) is 0 Å². The molecule has 0 heterocycles. The van der Waals surface area contributed by atoms with Crippen LogP contribution in [0.2, 0.25) is 0 Å². The third kappa shape index (κ3) is 4.04. The van der Waals surface area contributed by atoms with Crippen molar-refractivity contribution in [2.24, 2.45) is 5.73 Å². The lowest BCUT2D eigenvalue weighted by Gasteiger charge is -2.13. The van der Waals surface area contributed by atoms with Crippen molar-refractivity contribution in [3.8, 4) is 5.75 Å². The molecule has 2 aromatic rings. The van der Waals surface area contributed by atoms with Gasteiger partial charge in [-0.05, 0) is 29.7 Å². The number of nitrogens with zero attached hydrogens (tertiary/aromatic N) is 1. The zero-order chi connectivity index (χ0) is 17.0. The van der Waals surface area contributed by atoms with Crippen LogP contribution in [0, 0.1) is 10.1 Å². The molecule has 7 heteroatoms. The molecule has 7 nitrogen and oxygen atoms in total. The molecule has 0 bridgehead atoms. The lowest BCUT2D eigenvalue weighted by atomic mass is 9.94. The van der Waals surface area contributed by atoms with Gasteiger partial charge in [0.25, 0.3) is 5.69 Å². The molecule has 0 spiro atoms. The highest BCUT2D eigenvalue weighted by molar-refractivity contribution is 5.73. The van der Waals surface area contributed by atoms with Crippen LogP contribution in [0.5, 0.6) is 5.75 Å². The normalized spacial score (nSPS) is 11.9. The summed E-state index contributed by atoms with van der Waals surface area (Å²) in [4.78, 5) is 21.5. The van der Waals surface area contributed by atoms with Crippen LogP contribution in [0.25, 0.3) is 0 Å². The molecule has 0 amide bonds. The zero-order valence-corrected chi connectivity index (χ0v) is 12.2. The van der Waals surface area contributed by atoms with Gasteiger partial charge in [0.05, 0.1) is 4.92 Å². The average Bonchev–Trinajstić information content (AvgIpc) is 2.50. The number of hydrogen-bond acceptors (Lipinski definition) is 5. The molecule has 0 aliphatic heterocycles. The number of hydrogen-bond donors (Lipinski definition) is 3. The number of carboxylic acid groups (broad SMARTS) is 1. The van der Waals surface area contributed by atoms with E-state index in [4.69, 9.17) is 10.8 Å². The zero-order valence-electron chi connectivity index (χ0n) is 12.2. The average molecular weight is 316 g/mol. The van der Waals surface area contributed by atoms with Crippen molar-refractivity contribution in [3.05, 3.63) is 69.3 Å². The maximum atomic E-state index is 11.1. The topological polar surface area (TPSA) is 127 Å². The number of nitrogens with two attached hydrogens (primary N) is 1. The van der Waals surface area contributed by atoms with E-state index in [0.717, 1.165) is 0 Å². The van der Waals surface area contributed by atoms with Gasteiger partial charge in [-0.2, -0.15) is 0 Å². The van der Waals surface area contributed by atoms with Crippen molar-refractivity contribution in [2.45, 2.75) is 18.9 Å². The Hall–Kier alpha value is -2.93. The van der Waals surface area contributed by atoms with E-state index in [1.165, 1.54) is 18.2 Å². The Bertz CT molecular complexity index is 745. The van der Waals surface area contributed by atoms with Crippen LogP contribution < -0.4 is 5.73 Å². The van der Waals surface area contributed by atoms with E-state index < -0.39 is 16.9 Å². The third-order valence-corrected chi connectivity index (χ3v) is 3.52. The molecule has 4 N–H and O–H groups in total. The SMILES string of the molecule is NC(Cc1ccc(O)cc1Cc1ccccc1[N+](=O)[O-])C(=O)O. The highest BCUT2D eigenvalue weighted by Crippen LogP contribution is 2.25. The fourth-order valence-corrected chi connectivity index (χ4v) is 2.34. The Morgan fingerprint density at radius 3 is 2.52 bits per heavy atom. The first-order valence-corrected chi connectivity index (χ1v) is 6.90. The minimum atomic E-state index is -1.13. The van der Waals surface area contributed by atoms with Gasteiger partial charge in [0.15, 0.2) is 0 Å². The molecule has 2 rings (SSSR count). The van der Waals surface area contributed by atoms with Gasteiger partial charge in [-0.1, -0.05) is 24.3 Å². The first-order chi connectivity index (χ1) is 10.9. The molecule has 120 valence electrons. The summed E-state index contributed by atoms with van der Waals surface area (Å²) in [6, 6.07) is 9.71. The quantitative estimate of drug-likeness (QED) is 0.551. The fraction of sp³-hybridized carbons (Fsp3) is 0.188. The van der Waals surface area contributed by atoms with Gasteiger partial charge in [-0.3, -0.25) is 14.9 Å². The number of benzene rings is 2. The molecule has 2 aromatic carbocycles. The van der Waals surface area contributed by atoms with E-state index in [9.17, 15) is 20.0 Å². The summed E-state index contributed by atoms with van der Waals surface area (Å²) in [7, 11) is 0. The molecule has 0 saturated heterocycles. The van der Waals surface area contributed by atoms with Crippen molar-refractivity contribution in [2.75, 3.05) is 0 Å². The minimum Gasteiger partial charge on any atom is -0.508 e. The Labute approximate surface area is 132 Å². The molecule has 0 radical (unpaired) electrons. The number of carbonyl (C=O) groups is 1. The van der Waals surface area contributed by atoms with Crippen LogP contribution in [-0.2, 0) is 17.6 Å². The van der Waals surface area contributed by atoms with Crippen molar-refractivity contribution < 1.29 is 19.9 Å². The summed E-state index contributed by atoms with van der Waals surface area (Å²) >= 11 is 0. The van der Waals surface area contributed by atoms with E-state index in [2.05, 4.69) is 0 Å². The number of nitro benzene ring substituents is 1. The number of phenolic OH excluding ortho intramolecular Hbond substituents is 1. The highest BCUT2D eigenvalue weighted by Gasteiger charge is 2.18. The number of aromatic hydroxyl groups is 1. The molecular weight excluding hydrogens is 300 g/mol. The first-order valence-electron chi connectivity index (χ1n) is 6.90. The number of aliphatic carboxylic acids is 1. The number of carboxylic acids is 1. The van der Waals surface area contributed by atoms with E-state index in [1.54, 1.807) is 24.3 Å². The molecule has 1 unspecified atom stereocenters. The molecule has 0 fully saturated rings. The lowest BCUT2D eigenvalue weighted by molar-refractivity contribution is -0.385. The number of nitro groups is 1. The van der Waals surface area contributed by atoms with Gasteiger partial charge >= 0.3 is 5.97 Å². The second-order valence-corrected chi connectivity index (χ2v) is 5.16. The van der Waals surface area contributed by atoms with Gasteiger partial charge in [0, 0.05) is 18.1 Å². The number of rotatable bonds is 6. The van der Waals surface area contributed by atoms with Crippen molar-refractivity contribution in [3.63, 3.8) is 0 Å². The van der Waals surface area contributed by atoms with Crippen molar-refractivity contribution >= 4 is 11.7 Å².